The summed E-state index contributed by atoms with van der Waals surface area (Å²) in [5, 5.41) is 7.97. The van der Waals surface area contributed by atoms with E-state index in [2.05, 4.69) is 26.3 Å². The molecule has 1 aromatic heterocycles. The summed E-state index contributed by atoms with van der Waals surface area (Å²) in [7, 11) is 0. The summed E-state index contributed by atoms with van der Waals surface area (Å²) < 4.78 is 15.8. The average Bonchev–Trinajstić information content (AvgIpc) is 2.72. The number of hydrogen-bond acceptors (Lipinski definition) is 2. The van der Waals surface area contributed by atoms with Gasteiger partial charge in [0.2, 0.25) is 0 Å². The van der Waals surface area contributed by atoms with Gasteiger partial charge in [0.15, 0.2) is 0 Å². The summed E-state index contributed by atoms with van der Waals surface area (Å²) in [6, 6.07) is 5.12. The molecule has 5 heteroatoms. The minimum Gasteiger partial charge on any atom is -0.312 e. The van der Waals surface area contributed by atoms with Crippen molar-refractivity contribution in [2.75, 3.05) is 6.54 Å². The van der Waals surface area contributed by atoms with Gasteiger partial charge in [-0.1, -0.05) is 6.07 Å². The van der Waals surface area contributed by atoms with E-state index in [1.54, 1.807) is 0 Å². The van der Waals surface area contributed by atoms with Gasteiger partial charge in [0.25, 0.3) is 0 Å². The lowest BCUT2D eigenvalue weighted by atomic mass is 10.1. The van der Waals surface area contributed by atoms with E-state index < -0.39 is 0 Å². The van der Waals surface area contributed by atoms with Crippen molar-refractivity contribution in [1.82, 2.24) is 15.1 Å². The molecule has 3 rings (SSSR count). The fourth-order valence-electron chi connectivity index (χ4n) is 2.54. The molecule has 0 spiro atoms. The maximum atomic E-state index is 13.2. The van der Waals surface area contributed by atoms with Gasteiger partial charge in [-0.25, -0.2) is 4.39 Å². The molecule has 1 aliphatic rings. The summed E-state index contributed by atoms with van der Waals surface area (Å²) in [6.07, 6.45) is 0.999. The molecule has 2 aromatic rings. The number of aryl methyl sites for hydroxylation is 1. The molecule has 3 nitrogen and oxygen atoms in total. The molecule has 19 heavy (non-hydrogen) atoms. The van der Waals surface area contributed by atoms with Crippen LogP contribution < -0.4 is 5.32 Å². The van der Waals surface area contributed by atoms with E-state index in [1.165, 1.54) is 17.3 Å². The van der Waals surface area contributed by atoms with E-state index in [0.29, 0.717) is 11.0 Å². The van der Waals surface area contributed by atoms with Gasteiger partial charge >= 0.3 is 0 Å². The lowest BCUT2D eigenvalue weighted by Crippen LogP contribution is -2.25. The Morgan fingerprint density at radius 2 is 2.32 bits per heavy atom. The molecular weight excluding hydrogens is 309 g/mol. The second-order valence-electron chi connectivity index (χ2n) is 4.84. The first kappa shape index (κ1) is 12.8. The zero-order valence-electron chi connectivity index (χ0n) is 10.7. The maximum absolute atomic E-state index is 13.2. The number of hydrogen-bond donors (Lipinski definition) is 1. The van der Waals surface area contributed by atoms with E-state index in [4.69, 9.17) is 0 Å². The number of aromatic nitrogens is 2. The Hall–Kier alpha value is -1.20. The van der Waals surface area contributed by atoms with Crippen LogP contribution in [0.1, 0.15) is 22.5 Å². The first-order valence-corrected chi connectivity index (χ1v) is 7.14. The van der Waals surface area contributed by atoms with Crippen molar-refractivity contribution in [2.45, 2.75) is 26.4 Å². The van der Waals surface area contributed by atoms with Crippen LogP contribution in [0.5, 0.6) is 0 Å². The second-order valence-corrected chi connectivity index (χ2v) is 5.70. The van der Waals surface area contributed by atoms with Crippen LogP contribution in [0.3, 0.4) is 0 Å². The molecule has 0 atom stereocenters. The van der Waals surface area contributed by atoms with Crippen molar-refractivity contribution in [2.24, 2.45) is 0 Å². The number of benzene rings is 1. The van der Waals surface area contributed by atoms with Gasteiger partial charge in [0, 0.05) is 30.8 Å². The number of fused-ring (bicyclic) bond motifs is 1. The standard InChI is InChI=1S/C14H15BrFN3/c1-9-11-7-17-5-4-14(11)19(18-9)8-10-2-3-13(16)12(15)6-10/h2-3,6,17H,4-5,7-8H2,1H3. The minimum atomic E-state index is -0.230. The minimum absolute atomic E-state index is 0.230. The molecule has 0 saturated carbocycles. The van der Waals surface area contributed by atoms with E-state index >= 15 is 0 Å². The van der Waals surface area contributed by atoms with Crippen LogP contribution in [-0.2, 0) is 19.5 Å². The third kappa shape index (κ3) is 2.44. The summed E-state index contributed by atoms with van der Waals surface area (Å²) >= 11 is 3.22. The van der Waals surface area contributed by atoms with Crippen LogP contribution in [0.4, 0.5) is 4.39 Å². The van der Waals surface area contributed by atoms with E-state index in [-0.39, 0.29) is 5.82 Å². The highest BCUT2D eigenvalue weighted by molar-refractivity contribution is 9.10. The van der Waals surface area contributed by atoms with Gasteiger partial charge in [0.1, 0.15) is 5.82 Å². The molecule has 100 valence electrons. The Kier molecular flexibility index (Phi) is 3.41. The van der Waals surface area contributed by atoms with Gasteiger partial charge in [-0.2, -0.15) is 5.10 Å². The quantitative estimate of drug-likeness (QED) is 0.921. The van der Waals surface area contributed by atoms with Gasteiger partial charge in [0.05, 0.1) is 16.7 Å². The molecule has 0 fully saturated rings. The Labute approximate surface area is 119 Å². The molecular formula is C14H15BrFN3. The molecule has 2 heterocycles. The van der Waals surface area contributed by atoms with Crippen LogP contribution in [0, 0.1) is 12.7 Å². The fraction of sp³-hybridized carbons (Fsp3) is 0.357. The monoisotopic (exact) mass is 323 g/mol. The van der Waals surface area contributed by atoms with Crippen molar-refractivity contribution in [3.8, 4) is 0 Å². The third-order valence-corrected chi connectivity index (χ3v) is 4.13. The average molecular weight is 324 g/mol. The van der Waals surface area contributed by atoms with Crippen LogP contribution in [0.2, 0.25) is 0 Å². The molecule has 0 saturated heterocycles. The molecule has 1 aliphatic heterocycles. The molecule has 0 amide bonds. The van der Waals surface area contributed by atoms with Gasteiger partial charge in [-0.15, -0.1) is 0 Å². The fourth-order valence-corrected chi connectivity index (χ4v) is 2.96. The highest BCUT2D eigenvalue weighted by atomic mass is 79.9. The zero-order valence-corrected chi connectivity index (χ0v) is 12.3. The van der Waals surface area contributed by atoms with Crippen molar-refractivity contribution < 1.29 is 4.39 Å². The maximum Gasteiger partial charge on any atom is 0.137 e. The van der Waals surface area contributed by atoms with Crippen LogP contribution in [0.15, 0.2) is 22.7 Å². The SMILES string of the molecule is Cc1nn(Cc2ccc(F)c(Br)c2)c2c1CNCC2. The smallest absolute Gasteiger partial charge is 0.137 e. The zero-order chi connectivity index (χ0) is 13.4. The number of nitrogens with zero attached hydrogens (tertiary/aromatic N) is 2. The highest BCUT2D eigenvalue weighted by Gasteiger charge is 2.18. The first-order chi connectivity index (χ1) is 9.15. The number of rotatable bonds is 2. The van der Waals surface area contributed by atoms with E-state index in [0.717, 1.165) is 30.8 Å². The molecule has 0 unspecified atom stereocenters. The van der Waals surface area contributed by atoms with Crippen molar-refractivity contribution in [1.29, 1.82) is 0 Å². The Morgan fingerprint density at radius 3 is 3.11 bits per heavy atom. The topological polar surface area (TPSA) is 29.9 Å². The first-order valence-electron chi connectivity index (χ1n) is 6.35. The van der Waals surface area contributed by atoms with E-state index in [9.17, 15) is 4.39 Å². The molecule has 1 aromatic carbocycles. The highest BCUT2D eigenvalue weighted by Crippen LogP contribution is 2.21. The number of nitrogens with one attached hydrogen (secondary N) is 1. The largest absolute Gasteiger partial charge is 0.312 e. The predicted molar refractivity (Wildman–Crippen MR) is 75.6 cm³/mol. The van der Waals surface area contributed by atoms with Gasteiger partial charge in [-0.3, -0.25) is 4.68 Å². The molecule has 1 N–H and O–H groups in total. The molecule has 0 radical (unpaired) electrons. The van der Waals surface area contributed by atoms with E-state index in [1.807, 2.05) is 23.7 Å². The summed E-state index contributed by atoms with van der Waals surface area (Å²) in [5.74, 6) is -0.230. The Bertz CT molecular complexity index is 621. The van der Waals surface area contributed by atoms with Crippen molar-refractivity contribution in [3.05, 3.63) is 51.0 Å². The Morgan fingerprint density at radius 1 is 1.47 bits per heavy atom. The van der Waals surface area contributed by atoms with Crippen LogP contribution >= 0.6 is 15.9 Å². The van der Waals surface area contributed by atoms with Gasteiger partial charge in [-0.05, 0) is 40.5 Å². The van der Waals surface area contributed by atoms with Crippen LogP contribution in [0.25, 0.3) is 0 Å². The summed E-state index contributed by atoms with van der Waals surface area (Å²) in [4.78, 5) is 0. The molecule has 0 aliphatic carbocycles. The Balaban J connectivity index is 1.93. The van der Waals surface area contributed by atoms with Crippen molar-refractivity contribution >= 4 is 15.9 Å². The van der Waals surface area contributed by atoms with Crippen LogP contribution in [-0.4, -0.2) is 16.3 Å². The normalized spacial score (nSPS) is 14.5. The lowest BCUT2D eigenvalue weighted by Gasteiger charge is -2.15. The van der Waals surface area contributed by atoms with Crippen molar-refractivity contribution in [3.63, 3.8) is 0 Å². The number of halogens is 2. The predicted octanol–water partition coefficient (Wildman–Crippen LogP) is 2.79. The summed E-state index contributed by atoms with van der Waals surface area (Å²) in [5.41, 5.74) is 4.75. The third-order valence-electron chi connectivity index (χ3n) is 3.52. The van der Waals surface area contributed by atoms with Gasteiger partial charge < -0.3 is 5.32 Å². The lowest BCUT2D eigenvalue weighted by molar-refractivity contribution is 0.580. The summed E-state index contributed by atoms with van der Waals surface area (Å²) in [6.45, 7) is 4.62. The second kappa shape index (κ2) is 5.06. The molecule has 0 bridgehead atoms.